The van der Waals surface area contributed by atoms with Gasteiger partial charge in [0.25, 0.3) is 0 Å². The number of hydrogen-bond acceptors (Lipinski definition) is 7. The van der Waals surface area contributed by atoms with Gasteiger partial charge in [0.1, 0.15) is 0 Å². The van der Waals surface area contributed by atoms with Crippen LogP contribution in [0.3, 0.4) is 0 Å². The van der Waals surface area contributed by atoms with Crippen LogP contribution in [0.4, 0.5) is 0 Å². The molecule has 26 heavy (non-hydrogen) atoms. The standard InChI is InChI=1S/C18H17N5OS2/c1-12(17-19-13(2)22-24-17)26-18-21-20-16(15-9-6-10-25-15)23(18)11-14-7-4-3-5-8-14/h3-10,12H,11H2,1-2H3. The predicted octanol–water partition coefficient (Wildman–Crippen LogP) is 4.60. The molecule has 1 atom stereocenters. The molecule has 0 aliphatic carbocycles. The van der Waals surface area contributed by atoms with Crippen molar-refractivity contribution in [2.45, 2.75) is 30.8 Å². The molecule has 6 nitrogen and oxygen atoms in total. The molecule has 0 spiro atoms. The van der Waals surface area contributed by atoms with Crippen LogP contribution in [0, 0.1) is 6.92 Å². The van der Waals surface area contributed by atoms with Crippen LogP contribution >= 0.6 is 23.1 Å². The van der Waals surface area contributed by atoms with E-state index in [2.05, 4.69) is 43.1 Å². The molecule has 3 heterocycles. The molecule has 0 saturated carbocycles. The van der Waals surface area contributed by atoms with Gasteiger partial charge >= 0.3 is 0 Å². The van der Waals surface area contributed by atoms with Gasteiger partial charge in [-0.3, -0.25) is 4.57 Å². The molecular weight excluding hydrogens is 366 g/mol. The maximum absolute atomic E-state index is 5.30. The van der Waals surface area contributed by atoms with Crippen LogP contribution in [-0.4, -0.2) is 24.9 Å². The van der Waals surface area contributed by atoms with E-state index in [1.54, 1.807) is 23.1 Å². The van der Waals surface area contributed by atoms with E-state index in [0.29, 0.717) is 18.3 Å². The Kier molecular flexibility index (Phi) is 4.85. The third-order valence-electron chi connectivity index (χ3n) is 3.82. The fraction of sp³-hybridized carbons (Fsp3) is 0.222. The van der Waals surface area contributed by atoms with Gasteiger partial charge in [0.2, 0.25) is 5.89 Å². The first kappa shape index (κ1) is 17.0. The smallest absolute Gasteiger partial charge is 0.239 e. The molecule has 132 valence electrons. The molecule has 4 aromatic rings. The zero-order chi connectivity index (χ0) is 17.9. The number of aryl methyl sites for hydroxylation is 1. The SMILES string of the molecule is Cc1noc(C(C)Sc2nnc(-c3cccs3)n2Cc2ccccc2)n1. The highest BCUT2D eigenvalue weighted by Crippen LogP contribution is 2.35. The summed E-state index contributed by atoms with van der Waals surface area (Å²) in [5.74, 6) is 2.11. The number of hydrogen-bond donors (Lipinski definition) is 0. The summed E-state index contributed by atoms with van der Waals surface area (Å²) in [6.07, 6.45) is 0. The van der Waals surface area contributed by atoms with E-state index in [0.717, 1.165) is 15.9 Å². The fourth-order valence-electron chi connectivity index (χ4n) is 2.56. The van der Waals surface area contributed by atoms with Crippen molar-refractivity contribution in [2.75, 3.05) is 0 Å². The molecular formula is C18H17N5OS2. The Labute approximate surface area is 159 Å². The van der Waals surface area contributed by atoms with E-state index in [-0.39, 0.29) is 5.25 Å². The number of aromatic nitrogens is 5. The summed E-state index contributed by atoms with van der Waals surface area (Å²) in [5, 5.41) is 15.6. The predicted molar refractivity (Wildman–Crippen MR) is 102 cm³/mol. The van der Waals surface area contributed by atoms with Crippen LogP contribution < -0.4 is 0 Å². The number of rotatable bonds is 6. The first-order chi connectivity index (χ1) is 12.7. The van der Waals surface area contributed by atoms with Gasteiger partial charge in [0, 0.05) is 0 Å². The lowest BCUT2D eigenvalue weighted by Crippen LogP contribution is -2.04. The Morgan fingerprint density at radius 2 is 2.00 bits per heavy atom. The van der Waals surface area contributed by atoms with Gasteiger partial charge in [-0.15, -0.1) is 21.5 Å². The van der Waals surface area contributed by atoms with Crippen molar-refractivity contribution in [1.82, 2.24) is 24.9 Å². The van der Waals surface area contributed by atoms with Gasteiger partial charge in [-0.1, -0.05) is 53.3 Å². The van der Waals surface area contributed by atoms with Crippen molar-refractivity contribution >= 4 is 23.1 Å². The Morgan fingerprint density at radius 3 is 2.69 bits per heavy atom. The normalized spacial score (nSPS) is 12.4. The molecule has 0 saturated heterocycles. The molecule has 1 unspecified atom stereocenters. The van der Waals surface area contributed by atoms with Crippen molar-refractivity contribution in [3.8, 4) is 10.7 Å². The minimum Gasteiger partial charge on any atom is -0.338 e. The molecule has 0 bridgehead atoms. The van der Waals surface area contributed by atoms with Gasteiger partial charge in [0.05, 0.1) is 16.7 Å². The maximum Gasteiger partial charge on any atom is 0.239 e. The monoisotopic (exact) mass is 383 g/mol. The Morgan fingerprint density at radius 1 is 1.15 bits per heavy atom. The maximum atomic E-state index is 5.30. The number of benzene rings is 1. The van der Waals surface area contributed by atoms with Gasteiger partial charge in [-0.05, 0) is 30.9 Å². The van der Waals surface area contributed by atoms with Gasteiger partial charge in [-0.2, -0.15) is 4.98 Å². The minimum absolute atomic E-state index is 0.00823. The second kappa shape index (κ2) is 7.43. The molecule has 8 heteroatoms. The van der Waals surface area contributed by atoms with Crippen LogP contribution in [0.1, 0.15) is 29.5 Å². The average molecular weight is 384 g/mol. The summed E-state index contributed by atoms with van der Waals surface area (Å²) in [4.78, 5) is 5.42. The van der Waals surface area contributed by atoms with Crippen LogP contribution in [0.2, 0.25) is 0 Å². The van der Waals surface area contributed by atoms with Gasteiger partial charge in [-0.25, -0.2) is 0 Å². The highest BCUT2D eigenvalue weighted by molar-refractivity contribution is 7.99. The average Bonchev–Trinajstić information content (AvgIpc) is 3.38. The topological polar surface area (TPSA) is 69.6 Å². The quantitative estimate of drug-likeness (QED) is 0.453. The van der Waals surface area contributed by atoms with Crippen LogP contribution in [-0.2, 0) is 6.54 Å². The molecule has 0 aliphatic rings. The molecule has 0 amide bonds. The van der Waals surface area contributed by atoms with E-state index >= 15 is 0 Å². The molecule has 0 aliphatic heterocycles. The molecule has 1 aromatic carbocycles. The Bertz CT molecular complexity index is 978. The summed E-state index contributed by atoms with van der Waals surface area (Å²) in [6, 6.07) is 14.4. The number of nitrogens with zero attached hydrogens (tertiary/aromatic N) is 5. The van der Waals surface area contributed by atoms with Crippen molar-refractivity contribution < 1.29 is 4.52 Å². The first-order valence-electron chi connectivity index (χ1n) is 8.18. The highest BCUT2D eigenvalue weighted by atomic mass is 32.2. The summed E-state index contributed by atoms with van der Waals surface area (Å²) >= 11 is 3.23. The zero-order valence-corrected chi connectivity index (χ0v) is 16.0. The molecule has 4 rings (SSSR count). The van der Waals surface area contributed by atoms with E-state index in [4.69, 9.17) is 4.52 Å². The van der Waals surface area contributed by atoms with Gasteiger partial charge in [0.15, 0.2) is 16.8 Å². The first-order valence-corrected chi connectivity index (χ1v) is 9.94. The number of thiophene rings is 1. The summed E-state index contributed by atoms with van der Waals surface area (Å²) < 4.78 is 7.44. The lowest BCUT2D eigenvalue weighted by Gasteiger charge is -2.11. The summed E-state index contributed by atoms with van der Waals surface area (Å²) in [6.45, 7) is 4.56. The Balaban J connectivity index is 1.67. The fourth-order valence-corrected chi connectivity index (χ4v) is 4.16. The van der Waals surface area contributed by atoms with Crippen LogP contribution in [0.25, 0.3) is 10.7 Å². The van der Waals surface area contributed by atoms with Crippen molar-refractivity contribution in [1.29, 1.82) is 0 Å². The third kappa shape index (κ3) is 3.56. The summed E-state index contributed by atoms with van der Waals surface area (Å²) in [5.41, 5.74) is 1.20. The second-order valence-corrected chi connectivity index (χ2v) is 8.05. The van der Waals surface area contributed by atoms with Crippen molar-refractivity contribution in [3.63, 3.8) is 0 Å². The van der Waals surface area contributed by atoms with Crippen molar-refractivity contribution in [3.05, 3.63) is 65.1 Å². The van der Waals surface area contributed by atoms with Gasteiger partial charge < -0.3 is 4.52 Å². The van der Waals surface area contributed by atoms with Crippen LogP contribution in [0.15, 0.2) is 57.5 Å². The largest absolute Gasteiger partial charge is 0.338 e. The third-order valence-corrected chi connectivity index (χ3v) is 5.75. The molecule has 0 N–H and O–H groups in total. The van der Waals surface area contributed by atoms with E-state index in [1.807, 2.05) is 43.5 Å². The van der Waals surface area contributed by atoms with Crippen LogP contribution in [0.5, 0.6) is 0 Å². The second-order valence-electron chi connectivity index (χ2n) is 5.80. The summed E-state index contributed by atoms with van der Waals surface area (Å²) in [7, 11) is 0. The lowest BCUT2D eigenvalue weighted by atomic mass is 10.2. The minimum atomic E-state index is -0.00823. The highest BCUT2D eigenvalue weighted by Gasteiger charge is 2.21. The Hall–Kier alpha value is -2.45. The van der Waals surface area contributed by atoms with E-state index in [9.17, 15) is 0 Å². The zero-order valence-electron chi connectivity index (χ0n) is 14.4. The van der Waals surface area contributed by atoms with Crippen molar-refractivity contribution in [2.24, 2.45) is 0 Å². The number of thioether (sulfide) groups is 1. The molecule has 0 fully saturated rings. The molecule has 3 aromatic heterocycles. The van der Waals surface area contributed by atoms with E-state index < -0.39 is 0 Å². The lowest BCUT2D eigenvalue weighted by molar-refractivity contribution is 0.376. The molecule has 0 radical (unpaired) electrons. The van der Waals surface area contributed by atoms with E-state index in [1.165, 1.54) is 5.56 Å².